The van der Waals surface area contributed by atoms with Crippen molar-refractivity contribution >= 4 is 75.3 Å². The molecular weight excluding hydrogens is 714 g/mol. The lowest BCUT2D eigenvalue weighted by Gasteiger charge is -2.19. The van der Waals surface area contributed by atoms with E-state index in [9.17, 15) is 0 Å². The Kier molecular flexibility index (Phi) is 6.81. The van der Waals surface area contributed by atoms with Crippen molar-refractivity contribution in [2.75, 3.05) is 0 Å². The van der Waals surface area contributed by atoms with Gasteiger partial charge in [0.05, 0.1) is 33.2 Å². The molecule has 262 valence electrons. The maximum atomic E-state index is 16.0. The summed E-state index contributed by atoms with van der Waals surface area (Å²) in [6.45, 7) is 0. The predicted molar refractivity (Wildman–Crippen MR) is 216 cm³/mol. The minimum absolute atomic E-state index is 0.0107. The van der Waals surface area contributed by atoms with Crippen LogP contribution in [0.5, 0.6) is 0 Å². The number of aromatic nitrogens is 4. The highest BCUT2D eigenvalue weighted by atomic mass is 32.1. The molecule has 0 bridgehead atoms. The van der Waals surface area contributed by atoms with Crippen molar-refractivity contribution in [2.24, 2.45) is 0 Å². The van der Waals surface area contributed by atoms with E-state index in [0.29, 0.717) is 50.2 Å². The van der Waals surface area contributed by atoms with Crippen molar-refractivity contribution in [3.05, 3.63) is 157 Å². The first-order valence-electron chi connectivity index (χ1n) is 17.7. The van der Waals surface area contributed by atoms with E-state index < -0.39 is 11.7 Å². The van der Waals surface area contributed by atoms with E-state index in [1.807, 2.05) is 127 Å². The Morgan fingerprint density at radius 1 is 0.527 bits per heavy atom. The number of hydrogen-bond donors (Lipinski definition) is 0. The maximum Gasteiger partial charge on any atom is 0.418 e. The van der Waals surface area contributed by atoms with E-state index in [1.54, 1.807) is 22.0 Å². The van der Waals surface area contributed by atoms with Gasteiger partial charge in [0.25, 0.3) is 0 Å². The van der Waals surface area contributed by atoms with Crippen molar-refractivity contribution in [2.45, 2.75) is 6.18 Å². The smallest absolute Gasteiger partial charge is 0.418 e. The van der Waals surface area contributed by atoms with E-state index in [1.165, 1.54) is 0 Å². The Bertz CT molecular complexity index is 3250. The van der Waals surface area contributed by atoms with Gasteiger partial charge in [-0.05, 0) is 30.3 Å². The lowest BCUT2D eigenvalue weighted by atomic mass is 9.99. The molecule has 0 radical (unpaired) electrons. The van der Waals surface area contributed by atoms with Gasteiger partial charge in [0.1, 0.15) is 11.2 Å². The van der Waals surface area contributed by atoms with Gasteiger partial charge in [-0.15, -0.1) is 11.3 Å². The van der Waals surface area contributed by atoms with Crippen molar-refractivity contribution in [3.8, 4) is 39.9 Å². The summed E-state index contributed by atoms with van der Waals surface area (Å²) in [6, 6.07) is 46.9. The van der Waals surface area contributed by atoms with Crippen LogP contribution in [-0.2, 0) is 6.18 Å². The molecule has 55 heavy (non-hydrogen) atoms. The van der Waals surface area contributed by atoms with Crippen molar-refractivity contribution < 1.29 is 17.6 Å². The second-order valence-electron chi connectivity index (χ2n) is 13.4. The van der Waals surface area contributed by atoms with Crippen molar-refractivity contribution in [3.63, 3.8) is 0 Å². The molecule has 11 rings (SSSR count). The average Bonchev–Trinajstić information content (AvgIpc) is 3.90. The zero-order valence-corrected chi connectivity index (χ0v) is 29.5. The number of thiophene rings is 1. The van der Waals surface area contributed by atoms with Gasteiger partial charge >= 0.3 is 6.18 Å². The fourth-order valence-corrected chi connectivity index (χ4v) is 9.16. The van der Waals surface area contributed by atoms with E-state index in [-0.39, 0.29) is 22.7 Å². The second kappa shape index (κ2) is 11.8. The lowest BCUT2D eigenvalue weighted by molar-refractivity contribution is -0.137. The molecule has 0 aliphatic heterocycles. The number of furan rings is 1. The number of rotatable bonds is 4. The van der Waals surface area contributed by atoms with Crippen LogP contribution >= 0.6 is 11.3 Å². The van der Waals surface area contributed by atoms with Gasteiger partial charge in [-0.1, -0.05) is 121 Å². The van der Waals surface area contributed by atoms with Gasteiger partial charge in [0.2, 0.25) is 0 Å². The van der Waals surface area contributed by atoms with E-state index in [0.717, 1.165) is 37.0 Å². The molecule has 0 aliphatic carbocycles. The number of alkyl halides is 3. The molecule has 0 spiro atoms. The van der Waals surface area contributed by atoms with E-state index in [2.05, 4.69) is 12.1 Å². The average molecular weight is 739 g/mol. The number of para-hydroxylation sites is 2. The maximum absolute atomic E-state index is 16.0. The van der Waals surface area contributed by atoms with Crippen LogP contribution in [0.15, 0.2) is 156 Å². The first kappa shape index (κ1) is 31.7. The first-order valence-corrected chi connectivity index (χ1v) is 18.5. The predicted octanol–water partition coefficient (Wildman–Crippen LogP) is 13.3. The number of nitrogens with zero attached hydrogens (tertiary/aromatic N) is 4. The second-order valence-corrected chi connectivity index (χ2v) is 14.5. The molecule has 5 nitrogen and oxygen atoms in total. The Hall–Kier alpha value is -6.84. The van der Waals surface area contributed by atoms with Crippen LogP contribution < -0.4 is 0 Å². The number of benzene rings is 7. The third-order valence-electron chi connectivity index (χ3n) is 10.3. The molecule has 11 aromatic rings. The summed E-state index contributed by atoms with van der Waals surface area (Å²) in [6.07, 6.45) is -4.78. The summed E-state index contributed by atoms with van der Waals surface area (Å²) >= 11 is 1.65. The SMILES string of the molecule is FC(F)(F)c1cc(-c2nc(-c3ccccc3)nc(-c3ccccc3)n2)c2oc3ccccc3c2c1-n1c2ccccc2c2c3sc4ccccc4c3ccc21. The zero-order valence-electron chi connectivity index (χ0n) is 28.7. The van der Waals surface area contributed by atoms with Gasteiger partial charge in [-0.25, -0.2) is 15.0 Å². The molecule has 0 unspecified atom stereocenters. The topological polar surface area (TPSA) is 56.7 Å². The van der Waals surface area contributed by atoms with Crippen LogP contribution in [-0.4, -0.2) is 19.5 Å². The van der Waals surface area contributed by atoms with E-state index in [4.69, 9.17) is 19.4 Å². The molecule has 0 N–H and O–H groups in total. The molecular formula is C46H25F3N4OS. The largest absolute Gasteiger partial charge is 0.455 e. The molecule has 0 saturated carbocycles. The quantitative estimate of drug-likeness (QED) is 0.180. The van der Waals surface area contributed by atoms with Crippen molar-refractivity contribution in [1.29, 1.82) is 0 Å². The molecule has 0 atom stereocenters. The third-order valence-corrected chi connectivity index (χ3v) is 11.5. The standard InChI is InChI=1S/C46H25F3N4OS/c47-46(48,49)33-25-32(45-51-43(26-13-3-1-4-14-26)50-44(52-45)27-15-5-2-6-16-27)41-39(31-19-8-11-21-36(31)54-41)40(33)53-34-20-10-7-18-30(34)38-35(53)24-23-29-28-17-9-12-22-37(28)55-42(29)38/h1-25H. The Morgan fingerprint density at radius 3 is 1.84 bits per heavy atom. The Balaban J connectivity index is 1.30. The highest BCUT2D eigenvalue weighted by molar-refractivity contribution is 7.26. The number of fused-ring (bicyclic) bond motifs is 10. The van der Waals surface area contributed by atoms with Crippen molar-refractivity contribution in [1.82, 2.24) is 19.5 Å². The van der Waals surface area contributed by atoms with Crippen LogP contribution in [0.3, 0.4) is 0 Å². The normalized spacial score (nSPS) is 12.3. The number of hydrogen-bond acceptors (Lipinski definition) is 5. The van der Waals surface area contributed by atoms with E-state index >= 15 is 13.2 Å². The molecule has 7 aromatic carbocycles. The summed E-state index contributed by atoms with van der Waals surface area (Å²) in [5, 5.41) is 4.83. The van der Waals surface area contributed by atoms with Gasteiger partial charge in [-0.3, -0.25) is 0 Å². The molecule has 4 aromatic heterocycles. The van der Waals surface area contributed by atoms with Gasteiger partial charge in [0, 0.05) is 47.5 Å². The van der Waals surface area contributed by atoms with Gasteiger partial charge in [-0.2, -0.15) is 13.2 Å². The van der Waals surface area contributed by atoms with Gasteiger partial charge in [0.15, 0.2) is 17.5 Å². The van der Waals surface area contributed by atoms with Crippen LogP contribution in [0.2, 0.25) is 0 Å². The Labute approximate surface area is 314 Å². The molecule has 0 saturated heterocycles. The number of halogens is 3. The monoisotopic (exact) mass is 738 g/mol. The summed E-state index contributed by atoms with van der Waals surface area (Å²) in [4.78, 5) is 14.5. The van der Waals surface area contributed by atoms with Crippen LogP contribution in [0.4, 0.5) is 13.2 Å². The first-order chi connectivity index (χ1) is 26.9. The highest BCUT2D eigenvalue weighted by Crippen LogP contribution is 2.50. The summed E-state index contributed by atoms with van der Waals surface area (Å²) < 4.78 is 58.4. The minimum Gasteiger partial charge on any atom is -0.455 e. The van der Waals surface area contributed by atoms with Gasteiger partial charge < -0.3 is 8.98 Å². The highest BCUT2D eigenvalue weighted by Gasteiger charge is 2.39. The van der Waals surface area contributed by atoms with Crippen LogP contribution in [0, 0.1) is 0 Å². The van der Waals surface area contributed by atoms with Crippen LogP contribution in [0.1, 0.15) is 5.56 Å². The third kappa shape index (κ3) is 4.83. The molecule has 4 heterocycles. The Morgan fingerprint density at radius 2 is 1.13 bits per heavy atom. The fraction of sp³-hybridized carbons (Fsp3) is 0.0217. The molecule has 0 aliphatic rings. The molecule has 9 heteroatoms. The molecule has 0 amide bonds. The fourth-order valence-electron chi connectivity index (χ4n) is 7.90. The minimum atomic E-state index is -4.78. The lowest BCUT2D eigenvalue weighted by Crippen LogP contribution is -2.12. The summed E-state index contributed by atoms with van der Waals surface area (Å²) in [5.41, 5.74) is 2.71. The van der Waals surface area contributed by atoms with Crippen LogP contribution in [0.25, 0.3) is 104 Å². The zero-order chi connectivity index (χ0) is 36.8. The summed E-state index contributed by atoms with van der Waals surface area (Å²) in [7, 11) is 0. The summed E-state index contributed by atoms with van der Waals surface area (Å²) in [5.74, 6) is 0.741. The molecule has 0 fully saturated rings.